The monoisotopic (exact) mass is 220 g/mol. The van der Waals surface area contributed by atoms with Crippen LogP contribution in [0.2, 0.25) is 0 Å². The molecule has 3 heteroatoms. The zero-order valence-electron chi connectivity index (χ0n) is 10.4. The van der Waals surface area contributed by atoms with E-state index in [1.807, 2.05) is 12.1 Å². The minimum Gasteiger partial charge on any atom is -0.495 e. The van der Waals surface area contributed by atoms with Crippen LogP contribution in [0.5, 0.6) is 5.75 Å². The Bertz CT molecular complexity index is 376. The number of fused-ring (bicyclic) bond motifs is 1. The Morgan fingerprint density at radius 1 is 1.44 bits per heavy atom. The highest BCUT2D eigenvalue weighted by molar-refractivity contribution is 5.79. The third kappa shape index (κ3) is 1.82. The van der Waals surface area contributed by atoms with Gasteiger partial charge in [0, 0.05) is 18.6 Å². The number of ether oxygens (including phenoxy) is 1. The summed E-state index contributed by atoms with van der Waals surface area (Å²) >= 11 is 0. The summed E-state index contributed by atoms with van der Waals surface area (Å²) in [6, 6.07) is 7.12. The van der Waals surface area contributed by atoms with Crippen molar-refractivity contribution >= 4 is 11.4 Å². The molecule has 0 radical (unpaired) electrons. The zero-order chi connectivity index (χ0) is 11.7. The van der Waals surface area contributed by atoms with E-state index in [1.54, 1.807) is 7.11 Å². The molecule has 1 aromatic carbocycles. The molecule has 0 aliphatic carbocycles. The molecule has 1 aromatic rings. The van der Waals surface area contributed by atoms with Crippen LogP contribution < -0.4 is 15.0 Å². The number of hydrogen-bond donors (Lipinski definition) is 1. The van der Waals surface area contributed by atoms with Gasteiger partial charge in [-0.1, -0.05) is 6.07 Å². The second kappa shape index (κ2) is 4.24. The summed E-state index contributed by atoms with van der Waals surface area (Å²) in [6.07, 6.45) is 0. The fraction of sp³-hybridized carbons (Fsp3) is 0.538. The number of nitrogens with one attached hydrogen (secondary N) is 1. The smallest absolute Gasteiger partial charge is 0.144 e. The molecule has 1 aliphatic heterocycles. The van der Waals surface area contributed by atoms with Crippen LogP contribution in [0.15, 0.2) is 18.2 Å². The standard InChI is InChI=1S/C13H20N2O/c1-9(2)15-8-10(3)14-11-6-5-7-12(16-4)13(11)15/h5-7,9-10,14H,8H2,1-4H3. The van der Waals surface area contributed by atoms with Crippen molar-refractivity contribution in [3.05, 3.63) is 18.2 Å². The molecule has 1 aliphatic rings. The van der Waals surface area contributed by atoms with Crippen LogP contribution in [0.25, 0.3) is 0 Å². The van der Waals surface area contributed by atoms with Crippen LogP contribution in [0.3, 0.4) is 0 Å². The molecular weight excluding hydrogens is 200 g/mol. The maximum absolute atomic E-state index is 5.45. The van der Waals surface area contributed by atoms with E-state index in [9.17, 15) is 0 Å². The van der Waals surface area contributed by atoms with Gasteiger partial charge >= 0.3 is 0 Å². The Morgan fingerprint density at radius 2 is 2.19 bits per heavy atom. The van der Waals surface area contributed by atoms with Gasteiger partial charge < -0.3 is 15.0 Å². The lowest BCUT2D eigenvalue weighted by molar-refractivity contribution is 0.412. The second-order valence-corrected chi connectivity index (χ2v) is 4.65. The van der Waals surface area contributed by atoms with Gasteiger partial charge in [0.2, 0.25) is 0 Å². The third-order valence-corrected chi connectivity index (χ3v) is 3.00. The normalized spacial score (nSPS) is 19.3. The molecule has 1 atom stereocenters. The molecule has 0 saturated heterocycles. The molecule has 1 N–H and O–H groups in total. The average molecular weight is 220 g/mol. The summed E-state index contributed by atoms with van der Waals surface area (Å²) in [4.78, 5) is 2.40. The number of nitrogens with zero attached hydrogens (tertiary/aromatic N) is 1. The summed E-state index contributed by atoms with van der Waals surface area (Å²) in [5.74, 6) is 0.950. The quantitative estimate of drug-likeness (QED) is 0.829. The van der Waals surface area contributed by atoms with Gasteiger partial charge in [-0.25, -0.2) is 0 Å². The van der Waals surface area contributed by atoms with E-state index in [0.29, 0.717) is 12.1 Å². The summed E-state index contributed by atoms with van der Waals surface area (Å²) < 4.78 is 5.45. The van der Waals surface area contributed by atoms with Crippen molar-refractivity contribution in [2.45, 2.75) is 32.9 Å². The van der Waals surface area contributed by atoms with Gasteiger partial charge in [0.1, 0.15) is 11.4 Å². The lowest BCUT2D eigenvalue weighted by Crippen LogP contribution is -2.43. The van der Waals surface area contributed by atoms with Crippen molar-refractivity contribution < 1.29 is 4.74 Å². The first kappa shape index (κ1) is 11.1. The predicted molar refractivity (Wildman–Crippen MR) is 68.6 cm³/mol. The van der Waals surface area contributed by atoms with Crippen LogP contribution in [0.1, 0.15) is 20.8 Å². The highest BCUT2D eigenvalue weighted by atomic mass is 16.5. The van der Waals surface area contributed by atoms with Crippen molar-refractivity contribution in [3.63, 3.8) is 0 Å². The molecule has 0 saturated carbocycles. The van der Waals surface area contributed by atoms with Gasteiger partial charge in [-0.05, 0) is 32.9 Å². The van der Waals surface area contributed by atoms with E-state index in [0.717, 1.165) is 12.3 Å². The van der Waals surface area contributed by atoms with Crippen molar-refractivity contribution in [3.8, 4) is 5.75 Å². The minimum absolute atomic E-state index is 0.474. The molecule has 0 bridgehead atoms. The molecule has 0 spiro atoms. The lowest BCUT2D eigenvalue weighted by atomic mass is 10.1. The van der Waals surface area contributed by atoms with Gasteiger partial charge in [0.15, 0.2) is 0 Å². The Balaban J connectivity index is 2.49. The fourth-order valence-corrected chi connectivity index (χ4v) is 2.27. The number of benzene rings is 1. The average Bonchev–Trinajstić information content (AvgIpc) is 2.26. The maximum Gasteiger partial charge on any atom is 0.144 e. The van der Waals surface area contributed by atoms with E-state index in [2.05, 4.69) is 37.1 Å². The summed E-state index contributed by atoms with van der Waals surface area (Å²) in [7, 11) is 1.73. The molecule has 1 unspecified atom stereocenters. The fourth-order valence-electron chi connectivity index (χ4n) is 2.27. The van der Waals surface area contributed by atoms with Crippen LogP contribution in [0.4, 0.5) is 11.4 Å². The van der Waals surface area contributed by atoms with Crippen LogP contribution in [-0.2, 0) is 0 Å². The zero-order valence-corrected chi connectivity index (χ0v) is 10.4. The Morgan fingerprint density at radius 3 is 2.81 bits per heavy atom. The Hall–Kier alpha value is -1.38. The molecule has 88 valence electrons. The molecule has 16 heavy (non-hydrogen) atoms. The molecule has 2 rings (SSSR count). The third-order valence-electron chi connectivity index (χ3n) is 3.00. The predicted octanol–water partition coefficient (Wildman–Crippen LogP) is 2.72. The van der Waals surface area contributed by atoms with Gasteiger partial charge in [-0.15, -0.1) is 0 Å². The number of para-hydroxylation sites is 1. The molecule has 0 amide bonds. The number of rotatable bonds is 2. The highest BCUT2D eigenvalue weighted by Gasteiger charge is 2.25. The van der Waals surface area contributed by atoms with E-state index < -0.39 is 0 Å². The number of methoxy groups -OCH3 is 1. The summed E-state index contributed by atoms with van der Waals surface area (Å²) in [5, 5.41) is 3.50. The lowest BCUT2D eigenvalue weighted by Gasteiger charge is -2.39. The van der Waals surface area contributed by atoms with Gasteiger partial charge in [0.05, 0.1) is 12.8 Å². The van der Waals surface area contributed by atoms with E-state index >= 15 is 0 Å². The van der Waals surface area contributed by atoms with E-state index in [4.69, 9.17) is 4.74 Å². The van der Waals surface area contributed by atoms with Crippen LogP contribution >= 0.6 is 0 Å². The maximum atomic E-state index is 5.45. The molecule has 0 fully saturated rings. The van der Waals surface area contributed by atoms with E-state index in [-0.39, 0.29) is 0 Å². The number of hydrogen-bond acceptors (Lipinski definition) is 3. The Labute approximate surface area is 97.4 Å². The first-order chi connectivity index (χ1) is 7.63. The largest absolute Gasteiger partial charge is 0.495 e. The number of anilines is 2. The van der Waals surface area contributed by atoms with Crippen molar-refractivity contribution in [1.82, 2.24) is 0 Å². The van der Waals surface area contributed by atoms with E-state index in [1.165, 1.54) is 11.4 Å². The Kier molecular flexibility index (Phi) is 2.95. The molecule has 3 nitrogen and oxygen atoms in total. The van der Waals surface area contributed by atoms with Gasteiger partial charge in [-0.2, -0.15) is 0 Å². The minimum atomic E-state index is 0.474. The highest BCUT2D eigenvalue weighted by Crippen LogP contribution is 2.39. The summed E-state index contributed by atoms with van der Waals surface area (Å²) in [6.45, 7) is 7.66. The van der Waals surface area contributed by atoms with Crippen molar-refractivity contribution in [2.75, 3.05) is 23.9 Å². The van der Waals surface area contributed by atoms with Crippen LogP contribution in [-0.4, -0.2) is 25.7 Å². The molecular formula is C13H20N2O. The SMILES string of the molecule is COc1cccc2c1N(C(C)C)CC(C)N2. The molecule has 1 heterocycles. The van der Waals surface area contributed by atoms with Crippen molar-refractivity contribution in [2.24, 2.45) is 0 Å². The topological polar surface area (TPSA) is 24.5 Å². The van der Waals surface area contributed by atoms with Crippen molar-refractivity contribution in [1.29, 1.82) is 0 Å². The first-order valence-electron chi connectivity index (χ1n) is 5.83. The first-order valence-corrected chi connectivity index (χ1v) is 5.83. The van der Waals surface area contributed by atoms with Crippen LogP contribution in [0, 0.1) is 0 Å². The molecule has 0 aromatic heterocycles. The van der Waals surface area contributed by atoms with Gasteiger partial charge in [0.25, 0.3) is 0 Å². The second-order valence-electron chi connectivity index (χ2n) is 4.65. The summed E-state index contributed by atoms with van der Waals surface area (Å²) in [5.41, 5.74) is 2.37. The van der Waals surface area contributed by atoms with Gasteiger partial charge in [-0.3, -0.25) is 0 Å².